The second-order valence-electron chi connectivity index (χ2n) is 2.64. The van der Waals surface area contributed by atoms with Gasteiger partial charge in [0, 0.05) is 10.7 Å². The Hall–Kier alpha value is -0.550. The highest BCUT2D eigenvalue weighted by Gasteiger charge is 2.10. The first-order valence-corrected chi connectivity index (χ1v) is 6.28. The maximum absolute atomic E-state index is 11.5. The number of ether oxygens (including phenoxy) is 1. The minimum absolute atomic E-state index is 0.429. The lowest BCUT2D eigenvalue weighted by atomic mass is 10.3. The molecule has 0 bridgehead atoms. The molecule has 1 unspecified atom stereocenters. The molecule has 0 amide bonds. The number of nitrogens with one attached hydrogen (secondary N) is 1. The second kappa shape index (κ2) is 3.67. The van der Waals surface area contributed by atoms with Gasteiger partial charge < -0.3 is 4.74 Å². The molecule has 0 saturated carbocycles. The van der Waals surface area contributed by atoms with E-state index < -0.39 is 9.73 Å². The predicted molar refractivity (Wildman–Crippen MR) is 55.7 cm³/mol. The number of hydrogen-bond donors (Lipinski definition) is 1. The van der Waals surface area contributed by atoms with Crippen LogP contribution in [-0.4, -0.2) is 17.6 Å². The molecule has 1 rings (SSSR count). The van der Waals surface area contributed by atoms with Gasteiger partial charge in [-0.1, -0.05) is 15.9 Å². The third kappa shape index (κ3) is 2.45. The zero-order chi connectivity index (χ0) is 10.1. The Morgan fingerprint density at radius 3 is 2.62 bits per heavy atom. The van der Waals surface area contributed by atoms with Gasteiger partial charge in [0.1, 0.15) is 5.75 Å². The first kappa shape index (κ1) is 10.5. The van der Waals surface area contributed by atoms with Crippen LogP contribution < -0.4 is 4.74 Å². The summed E-state index contributed by atoms with van der Waals surface area (Å²) in [6, 6.07) is 5.08. The summed E-state index contributed by atoms with van der Waals surface area (Å²) in [4.78, 5) is 0.429. The van der Waals surface area contributed by atoms with E-state index in [4.69, 9.17) is 9.52 Å². The third-order valence-corrected chi connectivity index (χ3v) is 3.22. The molecule has 72 valence electrons. The summed E-state index contributed by atoms with van der Waals surface area (Å²) in [5.41, 5.74) is 0. The van der Waals surface area contributed by atoms with Gasteiger partial charge in [-0.2, -0.15) is 0 Å². The van der Waals surface area contributed by atoms with Gasteiger partial charge in [0.15, 0.2) is 0 Å². The van der Waals surface area contributed by atoms with E-state index in [1.807, 2.05) is 0 Å². The summed E-state index contributed by atoms with van der Waals surface area (Å²) < 4.78 is 24.7. The molecular weight excluding hydrogens is 254 g/mol. The van der Waals surface area contributed by atoms with Gasteiger partial charge in [-0.25, -0.2) is 8.99 Å². The average molecular weight is 264 g/mol. The Morgan fingerprint density at radius 1 is 1.54 bits per heavy atom. The number of hydrogen-bond acceptors (Lipinski definition) is 3. The van der Waals surface area contributed by atoms with Gasteiger partial charge in [-0.3, -0.25) is 0 Å². The van der Waals surface area contributed by atoms with Gasteiger partial charge in [-0.15, -0.1) is 0 Å². The topological polar surface area (TPSA) is 50.1 Å². The Labute approximate surface area is 86.2 Å². The van der Waals surface area contributed by atoms with Crippen LogP contribution in [0.2, 0.25) is 0 Å². The molecule has 0 aliphatic carbocycles. The van der Waals surface area contributed by atoms with Crippen LogP contribution in [0.25, 0.3) is 0 Å². The summed E-state index contributed by atoms with van der Waals surface area (Å²) in [6.07, 6.45) is 1.37. The van der Waals surface area contributed by atoms with Crippen LogP contribution in [0.15, 0.2) is 27.6 Å². The Balaban J connectivity index is 3.39. The normalized spacial score (nSPS) is 15.0. The molecular formula is C8H10BrNO2S. The van der Waals surface area contributed by atoms with Crippen molar-refractivity contribution in [3.05, 3.63) is 22.7 Å². The monoisotopic (exact) mass is 263 g/mol. The quantitative estimate of drug-likeness (QED) is 0.892. The van der Waals surface area contributed by atoms with Crippen LogP contribution in [-0.2, 0) is 9.73 Å². The van der Waals surface area contributed by atoms with Crippen LogP contribution in [0.4, 0.5) is 0 Å². The van der Waals surface area contributed by atoms with E-state index in [1.54, 1.807) is 18.2 Å². The van der Waals surface area contributed by atoms with Crippen molar-refractivity contribution >= 4 is 25.7 Å². The standard InChI is InChI=1S/C8H10BrNO2S/c1-12-7-5-6(9)3-4-8(7)13(2,10)11/h3-5,10H,1-2H3. The summed E-state index contributed by atoms with van der Waals surface area (Å²) in [6.45, 7) is 0. The molecule has 1 atom stereocenters. The fraction of sp³-hybridized carbons (Fsp3) is 0.250. The Bertz CT molecular complexity index is 414. The van der Waals surface area contributed by atoms with Gasteiger partial charge in [0.2, 0.25) is 0 Å². The Kier molecular flexibility index (Phi) is 2.98. The number of methoxy groups -OCH3 is 1. The molecule has 0 fully saturated rings. The van der Waals surface area contributed by atoms with Crippen LogP contribution >= 0.6 is 15.9 Å². The van der Waals surface area contributed by atoms with E-state index in [1.165, 1.54) is 13.4 Å². The minimum atomic E-state index is -2.71. The largest absolute Gasteiger partial charge is 0.495 e. The van der Waals surface area contributed by atoms with Crippen molar-refractivity contribution in [2.24, 2.45) is 0 Å². The molecule has 13 heavy (non-hydrogen) atoms. The van der Waals surface area contributed by atoms with Crippen LogP contribution in [0.5, 0.6) is 5.75 Å². The van der Waals surface area contributed by atoms with Crippen LogP contribution in [0.3, 0.4) is 0 Å². The second-order valence-corrected chi connectivity index (χ2v) is 5.68. The predicted octanol–water partition coefficient (Wildman–Crippen LogP) is 2.49. The number of rotatable bonds is 2. The molecule has 0 saturated heterocycles. The number of benzene rings is 1. The highest BCUT2D eigenvalue weighted by molar-refractivity contribution is 9.10. The SMILES string of the molecule is COc1cc(Br)ccc1S(C)(=N)=O. The first-order chi connectivity index (χ1) is 5.95. The van der Waals surface area contributed by atoms with Gasteiger partial charge in [0.25, 0.3) is 0 Å². The average Bonchev–Trinajstić information content (AvgIpc) is 2.01. The van der Waals surface area contributed by atoms with Gasteiger partial charge >= 0.3 is 0 Å². The van der Waals surface area contributed by atoms with Crippen molar-refractivity contribution in [2.75, 3.05) is 13.4 Å². The van der Waals surface area contributed by atoms with Crippen molar-refractivity contribution < 1.29 is 8.95 Å². The molecule has 1 aromatic carbocycles. The Morgan fingerprint density at radius 2 is 2.15 bits per heavy atom. The molecule has 0 radical (unpaired) electrons. The number of halogens is 1. The zero-order valence-electron chi connectivity index (χ0n) is 7.33. The van der Waals surface area contributed by atoms with E-state index in [-0.39, 0.29) is 0 Å². The van der Waals surface area contributed by atoms with Crippen LogP contribution in [0, 0.1) is 4.78 Å². The fourth-order valence-electron chi connectivity index (χ4n) is 0.963. The highest BCUT2D eigenvalue weighted by atomic mass is 79.9. The van der Waals surface area contributed by atoms with Gasteiger partial charge in [0.05, 0.1) is 21.7 Å². The smallest absolute Gasteiger partial charge is 0.136 e. The van der Waals surface area contributed by atoms with Crippen molar-refractivity contribution in [2.45, 2.75) is 4.90 Å². The molecule has 5 heteroatoms. The van der Waals surface area contributed by atoms with E-state index >= 15 is 0 Å². The summed E-state index contributed by atoms with van der Waals surface area (Å²) >= 11 is 3.27. The maximum atomic E-state index is 11.5. The molecule has 0 aliphatic rings. The molecule has 0 spiro atoms. The molecule has 1 N–H and O–H groups in total. The van der Waals surface area contributed by atoms with Crippen molar-refractivity contribution in [3.63, 3.8) is 0 Å². The first-order valence-electron chi connectivity index (χ1n) is 3.52. The minimum Gasteiger partial charge on any atom is -0.495 e. The van der Waals surface area contributed by atoms with Crippen molar-refractivity contribution in [3.8, 4) is 5.75 Å². The van der Waals surface area contributed by atoms with E-state index in [0.717, 1.165) is 4.47 Å². The van der Waals surface area contributed by atoms with E-state index in [9.17, 15) is 4.21 Å². The summed E-state index contributed by atoms with van der Waals surface area (Å²) in [5, 5.41) is 0. The lowest BCUT2D eigenvalue weighted by molar-refractivity contribution is 0.403. The van der Waals surface area contributed by atoms with Crippen molar-refractivity contribution in [1.29, 1.82) is 4.78 Å². The fourth-order valence-corrected chi connectivity index (χ4v) is 2.16. The lowest BCUT2D eigenvalue weighted by Gasteiger charge is -2.08. The van der Waals surface area contributed by atoms with E-state index in [2.05, 4.69) is 15.9 Å². The van der Waals surface area contributed by atoms with Crippen molar-refractivity contribution in [1.82, 2.24) is 0 Å². The van der Waals surface area contributed by atoms with E-state index in [0.29, 0.717) is 10.6 Å². The maximum Gasteiger partial charge on any atom is 0.136 e. The molecule has 0 aromatic heterocycles. The summed E-state index contributed by atoms with van der Waals surface area (Å²) in [5.74, 6) is 0.483. The molecule has 3 nitrogen and oxygen atoms in total. The molecule has 0 aliphatic heterocycles. The lowest BCUT2D eigenvalue weighted by Crippen LogP contribution is -1.98. The summed E-state index contributed by atoms with van der Waals surface area (Å²) in [7, 11) is -1.21. The molecule has 0 heterocycles. The van der Waals surface area contributed by atoms with Gasteiger partial charge in [-0.05, 0) is 18.2 Å². The zero-order valence-corrected chi connectivity index (χ0v) is 9.74. The molecule has 1 aromatic rings. The highest BCUT2D eigenvalue weighted by Crippen LogP contribution is 2.27. The third-order valence-electron chi connectivity index (χ3n) is 1.55. The van der Waals surface area contributed by atoms with Crippen LogP contribution in [0.1, 0.15) is 0 Å².